The highest BCUT2D eigenvalue weighted by atomic mass is 35.5. The zero-order valence-corrected chi connectivity index (χ0v) is 10.5. The number of hydrogen-bond acceptors (Lipinski definition) is 2. The molecule has 2 atom stereocenters. The predicted octanol–water partition coefficient (Wildman–Crippen LogP) is 3.77. The largest absolute Gasteiger partial charge is 0.411 e. The van der Waals surface area contributed by atoms with Crippen molar-refractivity contribution in [2.45, 2.75) is 31.4 Å². The Morgan fingerprint density at radius 3 is 2.50 bits per heavy atom. The van der Waals surface area contributed by atoms with Crippen LogP contribution in [0.25, 0.3) is 0 Å². The van der Waals surface area contributed by atoms with Gasteiger partial charge in [-0.25, -0.2) is 8.78 Å². The fraction of sp³-hybridized carbons (Fsp3) is 0.385. The fourth-order valence-electron chi connectivity index (χ4n) is 2.14. The Bertz CT molecular complexity index is 500. The van der Waals surface area contributed by atoms with Crippen LogP contribution in [0.2, 0.25) is 0 Å². The number of hydrogen-bond donors (Lipinski definition) is 0. The molecule has 0 aromatic heterocycles. The highest BCUT2D eigenvalue weighted by molar-refractivity contribution is 6.30. The van der Waals surface area contributed by atoms with E-state index in [9.17, 15) is 8.78 Å². The molecule has 0 bridgehead atoms. The van der Waals surface area contributed by atoms with Crippen LogP contribution < -0.4 is 0 Å². The molecule has 0 radical (unpaired) electrons. The van der Waals surface area contributed by atoms with Gasteiger partial charge in [0.15, 0.2) is 0 Å². The molecule has 5 heteroatoms. The Labute approximate surface area is 109 Å². The van der Waals surface area contributed by atoms with Crippen molar-refractivity contribution < 1.29 is 13.6 Å². The number of alkyl halides is 2. The quantitative estimate of drug-likeness (QED) is 0.812. The summed E-state index contributed by atoms with van der Waals surface area (Å²) >= 11 is 6.06. The summed E-state index contributed by atoms with van der Waals surface area (Å²) in [7, 11) is 0. The maximum absolute atomic E-state index is 13.1. The Balaban J connectivity index is 1.88. The number of nitrogens with zero attached hydrogens (tertiary/aromatic N) is 1. The van der Waals surface area contributed by atoms with Crippen molar-refractivity contribution in [3.63, 3.8) is 0 Å². The van der Waals surface area contributed by atoms with Gasteiger partial charge in [-0.05, 0) is 12.5 Å². The predicted molar refractivity (Wildman–Crippen MR) is 64.1 cm³/mol. The van der Waals surface area contributed by atoms with E-state index >= 15 is 0 Å². The molecule has 1 heterocycles. The SMILES string of the molecule is Cc1ccc(C2C(Cl)=CON2C2CC2(F)F)cc1. The van der Waals surface area contributed by atoms with Crippen molar-refractivity contribution in [2.75, 3.05) is 0 Å². The van der Waals surface area contributed by atoms with Crippen LogP contribution in [0.1, 0.15) is 23.6 Å². The topological polar surface area (TPSA) is 12.5 Å². The van der Waals surface area contributed by atoms with E-state index in [0.717, 1.165) is 11.1 Å². The number of rotatable bonds is 2. The second kappa shape index (κ2) is 3.93. The summed E-state index contributed by atoms with van der Waals surface area (Å²) in [5, 5.41) is 1.73. The fourth-order valence-corrected chi connectivity index (χ4v) is 2.40. The van der Waals surface area contributed by atoms with E-state index < -0.39 is 18.0 Å². The van der Waals surface area contributed by atoms with Crippen molar-refractivity contribution in [1.29, 1.82) is 0 Å². The van der Waals surface area contributed by atoms with E-state index in [1.165, 1.54) is 11.3 Å². The van der Waals surface area contributed by atoms with Crippen LogP contribution in [0.5, 0.6) is 0 Å². The van der Waals surface area contributed by atoms with Gasteiger partial charge in [0.25, 0.3) is 5.92 Å². The van der Waals surface area contributed by atoms with Gasteiger partial charge in [-0.15, -0.1) is 5.06 Å². The van der Waals surface area contributed by atoms with E-state index in [-0.39, 0.29) is 6.42 Å². The molecular formula is C13H12ClF2NO. The normalized spacial score (nSPS) is 29.9. The maximum Gasteiger partial charge on any atom is 0.268 e. The summed E-state index contributed by atoms with van der Waals surface area (Å²) in [6.07, 6.45) is 1.16. The third-order valence-corrected chi connectivity index (χ3v) is 3.59. The Hall–Kier alpha value is -1.13. The molecular weight excluding hydrogens is 260 g/mol. The molecule has 0 amide bonds. The maximum atomic E-state index is 13.1. The van der Waals surface area contributed by atoms with Gasteiger partial charge in [0, 0.05) is 6.42 Å². The molecule has 2 unspecified atom stereocenters. The minimum atomic E-state index is -2.67. The molecule has 1 saturated carbocycles. The van der Waals surface area contributed by atoms with Crippen LogP contribution >= 0.6 is 11.6 Å². The van der Waals surface area contributed by atoms with Gasteiger partial charge >= 0.3 is 0 Å². The van der Waals surface area contributed by atoms with E-state index in [2.05, 4.69) is 0 Å². The Kier molecular flexibility index (Phi) is 2.61. The Morgan fingerprint density at radius 1 is 1.33 bits per heavy atom. The minimum Gasteiger partial charge on any atom is -0.411 e. The lowest BCUT2D eigenvalue weighted by Gasteiger charge is -2.23. The van der Waals surface area contributed by atoms with Crippen molar-refractivity contribution in [2.24, 2.45) is 0 Å². The summed E-state index contributed by atoms with van der Waals surface area (Å²) < 4.78 is 26.3. The molecule has 0 saturated heterocycles. The van der Waals surface area contributed by atoms with Crippen molar-refractivity contribution in [3.05, 3.63) is 46.7 Å². The second-order valence-electron chi connectivity index (χ2n) is 4.76. The molecule has 18 heavy (non-hydrogen) atoms. The van der Waals surface area contributed by atoms with Gasteiger partial charge in [-0.2, -0.15) is 0 Å². The summed E-state index contributed by atoms with van der Waals surface area (Å²) in [5.41, 5.74) is 1.98. The van der Waals surface area contributed by atoms with Gasteiger partial charge in [0.2, 0.25) is 0 Å². The van der Waals surface area contributed by atoms with Crippen molar-refractivity contribution >= 4 is 11.6 Å². The van der Waals surface area contributed by atoms with Crippen LogP contribution in [0.15, 0.2) is 35.6 Å². The van der Waals surface area contributed by atoms with Gasteiger partial charge < -0.3 is 4.84 Å². The first-order valence-electron chi connectivity index (χ1n) is 5.74. The van der Waals surface area contributed by atoms with E-state index in [1.54, 1.807) is 0 Å². The smallest absolute Gasteiger partial charge is 0.268 e. The standard InChI is InChI=1S/C13H12ClF2NO/c1-8-2-4-9(5-3-8)12-10(14)7-18-17(12)11-6-13(11,15)16/h2-5,7,11-12H,6H2,1H3. The lowest BCUT2D eigenvalue weighted by molar-refractivity contribution is -0.135. The van der Waals surface area contributed by atoms with Crippen LogP contribution in [-0.4, -0.2) is 17.0 Å². The van der Waals surface area contributed by atoms with E-state index in [0.29, 0.717) is 5.03 Å². The third-order valence-electron chi connectivity index (χ3n) is 3.30. The van der Waals surface area contributed by atoms with Gasteiger partial charge in [-0.1, -0.05) is 41.4 Å². The highest BCUT2D eigenvalue weighted by Crippen LogP contribution is 2.51. The summed E-state index contributed by atoms with van der Waals surface area (Å²) in [5.74, 6) is -2.67. The van der Waals surface area contributed by atoms with Crippen LogP contribution in [0, 0.1) is 6.92 Å². The molecule has 3 rings (SSSR count). The Morgan fingerprint density at radius 2 is 1.94 bits per heavy atom. The summed E-state index contributed by atoms with van der Waals surface area (Å²) in [6.45, 7) is 1.97. The number of aryl methyl sites for hydroxylation is 1. The first-order chi connectivity index (χ1) is 8.49. The number of halogens is 3. The highest BCUT2D eigenvalue weighted by Gasteiger charge is 2.63. The lowest BCUT2D eigenvalue weighted by Crippen LogP contribution is -2.29. The molecule has 1 aliphatic heterocycles. The molecule has 0 N–H and O–H groups in total. The average Bonchev–Trinajstić information content (AvgIpc) is 2.78. The molecule has 1 aliphatic carbocycles. The number of hydroxylamine groups is 2. The zero-order chi connectivity index (χ0) is 12.9. The summed E-state index contributed by atoms with van der Waals surface area (Å²) in [6, 6.07) is 6.33. The lowest BCUT2D eigenvalue weighted by atomic mass is 10.0. The van der Waals surface area contributed by atoms with E-state index in [1.807, 2.05) is 31.2 Å². The molecule has 2 nitrogen and oxygen atoms in total. The number of benzene rings is 1. The molecule has 0 spiro atoms. The van der Waals surface area contributed by atoms with Gasteiger partial charge in [0.05, 0.1) is 5.03 Å². The minimum absolute atomic E-state index is 0.173. The summed E-state index contributed by atoms with van der Waals surface area (Å²) in [4.78, 5) is 5.18. The van der Waals surface area contributed by atoms with E-state index in [4.69, 9.17) is 16.4 Å². The second-order valence-corrected chi connectivity index (χ2v) is 5.20. The first kappa shape index (κ1) is 11.9. The van der Waals surface area contributed by atoms with Gasteiger partial charge in [-0.3, -0.25) is 0 Å². The van der Waals surface area contributed by atoms with Crippen molar-refractivity contribution in [3.8, 4) is 0 Å². The molecule has 96 valence electrons. The van der Waals surface area contributed by atoms with Gasteiger partial charge in [0.1, 0.15) is 18.3 Å². The zero-order valence-electron chi connectivity index (χ0n) is 9.74. The molecule has 1 fully saturated rings. The molecule has 1 aromatic carbocycles. The van der Waals surface area contributed by atoms with Crippen LogP contribution in [0.3, 0.4) is 0 Å². The molecule has 1 aromatic rings. The van der Waals surface area contributed by atoms with Crippen molar-refractivity contribution in [1.82, 2.24) is 5.06 Å². The average molecular weight is 272 g/mol. The van der Waals surface area contributed by atoms with Crippen LogP contribution in [0.4, 0.5) is 8.78 Å². The molecule has 2 aliphatic rings. The monoisotopic (exact) mass is 271 g/mol. The first-order valence-corrected chi connectivity index (χ1v) is 6.12. The third kappa shape index (κ3) is 1.89. The van der Waals surface area contributed by atoms with Crippen LogP contribution in [-0.2, 0) is 4.84 Å².